The number of nitrogens with zero attached hydrogens (tertiary/aromatic N) is 2. The van der Waals surface area contributed by atoms with Crippen molar-refractivity contribution in [3.05, 3.63) is 54.5 Å². The van der Waals surface area contributed by atoms with E-state index in [9.17, 15) is 5.11 Å². The van der Waals surface area contributed by atoms with Crippen molar-refractivity contribution in [3.63, 3.8) is 0 Å². The predicted molar refractivity (Wildman–Crippen MR) is 80.5 cm³/mol. The molecule has 0 radical (unpaired) electrons. The summed E-state index contributed by atoms with van der Waals surface area (Å²) in [5, 5.41) is 13.4. The highest BCUT2D eigenvalue weighted by Crippen LogP contribution is 2.27. The first kappa shape index (κ1) is 14.5. The third kappa shape index (κ3) is 3.78. The minimum Gasteiger partial charge on any atom is -0.393 e. The van der Waals surface area contributed by atoms with Crippen LogP contribution in [0, 0.1) is 5.41 Å². The summed E-state index contributed by atoms with van der Waals surface area (Å²) in [6.45, 7) is 4.55. The molecule has 0 saturated heterocycles. The van der Waals surface area contributed by atoms with Crippen molar-refractivity contribution < 1.29 is 5.11 Å². The quantitative estimate of drug-likeness (QED) is 0.847. The molecule has 1 heterocycles. The number of aromatic nitrogens is 2. The average molecular weight is 271 g/mol. The second-order valence-corrected chi connectivity index (χ2v) is 5.44. The molecule has 1 aromatic carbocycles. The van der Waals surface area contributed by atoms with Crippen LogP contribution in [0.15, 0.2) is 48.9 Å². The van der Waals surface area contributed by atoms with Crippen molar-refractivity contribution in [1.82, 2.24) is 9.97 Å². The maximum absolute atomic E-state index is 10.1. The molecule has 0 fully saturated rings. The lowest BCUT2D eigenvalue weighted by Crippen LogP contribution is -2.39. The molecule has 4 nitrogen and oxygen atoms in total. The molecule has 4 heteroatoms. The summed E-state index contributed by atoms with van der Waals surface area (Å²) in [7, 11) is 0. The SMILES string of the molecule is C[C@@H](O)[C@](C)(CNc1cnccn1)Cc1ccccc1. The van der Waals surface area contributed by atoms with Crippen molar-refractivity contribution >= 4 is 5.82 Å². The van der Waals surface area contributed by atoms with Crippen LogP contribution in [0.1, 0.15) is 19.4 Å². The van der Waals surface area contributed by atoms with E-state index in [1.165, 1.54) is 5.56 Å². The predicted octanol–water partition coefficient (Wildman–Crippen LogP) is 2.52. The highest BCUT2D eigenvalue weighted by molar-refractivity contribution is 5.30. The Labute approximate surface area is 119 Å². The zero-order valence-corrected chi connectivity index (χ0v) is 12.0. The van der Waals surface area contributed by atoms with Crippen molar-refractivity contribution in [2.75, 3.05) is 11.9 Å². The highest BCUT2D eigenvalue weighted by atomic mass is 16.3. The van der Waals surface area contributed by atoms with E-state index in [4.69, 9.17) is 0 Å². The molecule has 0 spiro atoms. The third-order valence-corrected chi connectivity index (χ3v) is 3.70. The second kappa shape index (κ2) is 6.48. The van der Waals surface area contributed by atoms with E-state index >= 15 is 0 Å². The first-order valence-electron chi connectivity index (χ1n) is 6.82. The fraction of sp³-hybridized carbons (Fsp3) is 0.375. The van der Waals surface area contributed by atoms with Gasteiger partial charge < -0.3 is 10.4 Å². The molecule has 0 amide bonds. The molecular formula is C16H21N3O. The molecule has 0 aliphatic heterocycles. The topological polar surface area (TPSA) is 58.0 Å². The van der Waals surface area contributed by atoms with Crippen LogP contribution in [0.5, 0.6) is 0 Å². The van der Waals surface area contributed by atoms with Crippen LogP contribution in [0.2, 0.25) is 0 Å². The van der Waals surface area contributed by atoms with Crippen molar-refractivity contribution in [2.24, 2.45) is 5.41 Å². The van der Waals surface area contributed by atoms with Gasteiger partial charge in [-0.3, -0.25) is 4.98 Å². The van der Waals surface area contributed by atoms with E-state index in [1.54, 1.807) is 18.6 Å². The normalized spacial score (nSPS) is 15.3. The van der Waals surface area contributed by atoms with Crippen LogP contribution in [0.4, 0.5) is 5.82 Å². The van der Waals surface area contributed by atoms with E-state index in [0.717, 1.165) is 12.2 Å². The first-order chi connectivity index (χ1) is 9.60. The average Bonchev–Trinajstić information content (AvgIpc) is 2.47. The van der Waals surface area contributed by atoms with Gasteiger partial charge in [0.1, 0.15) is 5.82 Å². The Morgan fingerprint density at radius 1 is 1.25 bits per heavy atom. The fourth-order valence-electron chi connectivity index (χ4n) is 2.10. The Kier molecular flexibility index (Phi) is 4.69. The van der Waals surface area contributed by atoms with Crippen LogP contribution < -0.4 is 5.32 Å². The van der Waals surface area contributed by atoms with Gasteiger partial charge in [0.25, 0.3) is 0 Å². The lowest BCUT2D eigenvalue weighted by Gasteiger charge is -2.33. The molecule has 1 aromatic heterocycles. The maximum atomic E-state index is 10.1. The number of aliphatic hydroxyl groups excluding tert-OH is 1. The van der Waals surface area contributed by atoms with Gasteiger partial charge in [0.05, 0.1) is 12.3 Å². The minimum absolute atomic E-state index is 0.265. The van der Waals surface area contributed by atoms with Crippen LogP contribution in [-0.2, 0) is 6.42 Å². The van der Waals surface area contributed by atoms with Crippen LogP contribution in [0.25, 0.3) is 0 Å². The maximum Gasteiger partial charge on any atom is 0.144 e. The molecule has 0 aliphatic rings. The fourth-order valence-corrected chi connectivity index (χ4v) is 2.10. The smallest absolute Gasteiger partial charge is 0.144 e. The van der Waals surface area contributed by atoms with E-state index < -0.39 is 6.10 Å². The number of hydrogen-bond donors (Lipinski definition) is 2. The van der Waals surface area contributed by atoms with E-state index in [-0.39, 0.29) is 5.41 Å². The standard InChI is InChI=1S/C16H21N3O/c1-13(20)16(2,10-14-6-4-3-5-7-14)12-19-15-11-17-8-9-18-15/h3-9,11,13,20H,10,12H2,1-2H3,(H,18,19)/t13-,16+/m1/s1. The van der Waals surface area contributed by atoms with Gasteiger partial charge in [-0.1, -0.05) is 37.3 Å². The molecule has 20 heavy (non-hydrogen) atoms. The van der Waals surface area contributed by atoms with Crippen LogP contribution >= 0.6 is 0 Å². The lowest BCUT2D eigenvalue weighted by atomic mass is 9.79. The zero-order chi connectivity index (χ0) is 14.4. The van der Waals surface area contributed by atoms with Gasteiger partial charge in [0, 0.05) is 24.4 Å². The lowest BCUT2D eigenvalue weighted by molar-refractivity contribution is 0.0619. The summed E-state index contributed by atoms with van der Waals surface area (Å²) < 4.78 is 0. The monoisotopic (exact) mass is 271 g/mol. The van der Waals surface area contributed by atoms with Gasteiger partial charge in [-0.25, -0.2) is 4.98 Å². The molecule has 0 bridgehead atoms. The van der Waals surface area contributed by atoms with Gasteiger partial charge in [0.15, 0.2) is 0 Å². The summed E-state index contributed by atoms with van der Waals surface area (Å²) in [4.78, 5) is 8.22. The number of benzene rings is 1. The highest BCUT2D eigenvalue weighted by Gasteiger charge is 2.30. The van der Waals surface area contributed by atoms with E-state index in [1.807, 2.05) is 25.1 Å². The Balaban J connectivity index is 2.05. The summed E-state index contributed by atoms with van der Waals surface area (Å²) in [5.74, 6) is 0.729. The number of hydrogen-bond acceptors (Lipinski definition) is 4. The largest absolute Gasteiger partial charge is 0.393 e. The van der Waals surface area contributed by atoms with Crippen LogP contribution in [0.3, 0.4) is 0 Å². The molecule has 2 aromatic rings. The summed E-state index contributed by atoms with van der Waals surface area (Å²) in [5.41, 5.74) is 0.954. The molecule has 0 unspecified atom stereocenters. The third-order valence-electron chi connectivity index (χ3n) is 3.70. The number of aliphatic hydroxyl groups is 1. The number of nitrogens with one attached hydrogen (secondary N) is 1. The molecule has 2 atom stereocenters. The van der Waals surface area contributed by atoms with Gasteiger partial charge in [-0.05, 0) is 18.9 Å². The number of anilines is 1. The summed E-state index contributed by atoms with van der Waals surface area (Å²) >= 11 is 0. The van der Waals surface area contributed by atoms with Crippen molar-refractivity contribution in [1.29, 1.82) is 0 Å². The molecular weight excluding hydrogens is 250 g/mol. The Hall–Kier alpha value is -1.94. The van der Waals surface area contributed by atoms with Crippen molar-refractivity contribution in [2.45, 2.75) is 26.4 Å². The van der Waals surface area contributed by atoms with Gasteiger partial charge in [-0.2, -0.15) is 0 Å². The molecule has 106 valence electrons. The summed E-state index contributed by atoms with van der Waals surface area (Å²) in [6, 6.07) is 10.2. The molecule has 0 saturated carbocycles. The Bertz CT molecular complexity index is 516. The van der Waals surface area contributed by atoms with Gasteiger partial charge >= 0.3 is 0 Å². The second-order valence-electron chi connectivity index (χ2n) is 5.44. The van der Waals surface area contributed by atoms with Crippen LogP contribution in [-0.4, -0.2) is 27.7 Å². The minimum atomic E-state index is -0.424. The number of rotatable bonds is 6. The van der Waals surface area contributed by atoms with Crippen molar-refractivity contribution in [3.8, 4) is 0 Å². The molecule has 2 rings (SSSR count). The first-order valence-corrected chi connectivity index (χ1v) is 6.82. The summed E-state index contributed by atoms with van der Waals surface area (Å²) in [6.07, 6.45) is 5.36. The molecule has 2 N–H and O–H groups in total. The van der Waals surface area contributed by atoms with E-state index in [2.05, 4.69) is 34.3 Å². The Morgan fingerprint density at radius 2 is 2.00 bits per heavy atom. The zero-order valence-electron chi connectivity index (χ0n) is 12.0. The Morgan fingerprint density at radius 3 is 2.60 bits per heavy atom. The molecule has 0 aliphatic carbocycles. The van der Waals surface area contributed by atoms with Gasteiger partial charge in [0.2, 0.25) is 0 Å². The van der Waals surface area contributed by atoms with E-state index in [0.29, 0.717) is 6.54 Å². The van der Waals surface area contributed by atoms with Gasteiger partial charge in [-0.15, -0.1) is 0 Å².